The number of hydrogen-bond donors (Lipinski definition) is 1. The lowest BCUT2D eigenvalue weighted by molar-refractivity contribution is 0.168. The van der Waals surface area contributed by atoms with Gasteiger partial charge in [-0.25, -0.2) is 0 Å². The predicted molar refractivity (Wildman–Crippen MR) is 149 cm³/mol. The van der Waals surface area contributed by atoms with Gasteiger partial charge in [-0.05, 0) is 98.4 Å². The molecule has 38 heavy (non-hydrogen) atoms. The maximum absolute atomic E-state index is 9.32. The van der Waals surface area contributed by atoms with Gasteiger partial charge >= 0.3 is 0 Å². The molecule has 1 N–H and O–H groups in total. The highest BCUT2D eigenvalue weighted by Crippen LogP contribution is 2.41. The minimum absolute atomic E-state index is 0.375. The molecule has 4 aromatic rings. The Bertz CT molecular complexity index is 1420. The molecule has 2 aromatic carbocycles. The van der Waals surface area contributed by atoms with Gasteiger partial charge in [-0.3, -0.25) is 9.88 Å². The number of hydrogen-bond acceptors (Lipinski definition) is 6. The highest BCUT2D eigenvalue weighted by Gasteiger charge is 2.26. The summed E-state index contributed by atoms with van der Waals surface area (Å²) in [6.07, 6.45) is 7.38. The van der Waals surface area contributed by atoms with Crippen LogP contribution in [-0.2, 0) is 6.42 Å². The van der Waals surface area contributed by atoms with Crippen molar-refractivity contribution in [2.24, 2.45) is 5.16 Å². The number of aromatic nitrogens is 1. The Hall–Kier alpha value is -3.61. The summed E-state index contributed by atoms with van der Waals surface area (Å²) in [5.41, 5.74) is 6.23. The lowest BCUT2D eigenvalue weighted by Crippen LogP contribution is -2.35. The summed E-state index contributed by atoms with van der Waals surface area (Å²) in [5, 5.41) is 13.5. The number of ether oxygens (including phenoxy) is 1. The van der Waals surface area contributed by atoms with E-state index in [9.17, 15) is 5.21 Å². The minimum atomic E-state index is 0.375. The van der Waals surface area contributed by atoms with Crippen molar-refractivity contribution in [2.75, 3.05) is 26.2 Å². The van der Waals surface area contributed by atoms with Gasteiger partial charge in [-0.1, -0.05) is 28.9 Å². The van der Waals surface area contributed by atoms with Gasteiger partial charge in [0.25, 0.3) is 0 Å². The normalized spacial score (nSPS) is 17.1. The second-order valence-corrected chi connectivity index (χ2v) is 10.4. The fourth-order valence-electron chi connectivity index (χ4n) is 5.55. The number of nitrogens with zero attached hydrogens (tertiary/aromatic N) is 3. The van der Waals surface area contributed by atoms with Crippen molar-refractivity contribution in [3.05, 3.63) is 95.0 Å². The maximum Gasteiger partial charge on any atom is 0.142 e. The Morgan fingerprint density at radius 1 is 0.947 bits per heavy atom. The summed E-state index contributed by atoms with van der Waals surface area (Å²) in [6, 6.07) is 20.1. The summed E-state index contributed by atoms with van der Waals surface area (Å²) in [5.74, 6) is 3.16. The van der Waals surface area contributed by atoms with Crippen LogP contribution in [-0.4, -0.2) is 47.0 Å². The molecular weight excluding hydrogens is 498 g/mol. The summed E-state index contributed by atoms with van der Waals surface area (Å²) < 4.78 is 12.5. The van der Waals surface area contributed by atoms with Gasteiger partial charge in [0, 0.05) is 46.6 Å². The van der Waals surface area contributed by atoms with E-state index in [1.165, 1.54) is 5.56 Å². The Morgan fingerprint density at radius 2 is 1.74 bits per heavy atom. The number of benzene rings is 2. The Kier molecular flexibility index (Phi) is 7.16. The average molecular weight is 528 g/mol. The predicted octanol–water partition coefficient (Wildman–Crippen LogP) is 7.04. The summed E-state index contributed by atoms with van der Waals surface area (Å²) >= 11 is 5.96. The van der Waals surface area contributed by atoms with E-state index in [1.54, 1.807) is 0 Å². The third-order valence-corrected chi connectivity index (χ3v) is 7.90. The molecule has 1 saturated heterocycles. The first-order valence-corrected chi connectivity index (χ1v) is 13.5. The monoisotopic (exact) mass is 527 g/mol. The zero-order valence-corrected chi connectivity index (χ0v) is 21.9. The molecule has 0 atom stereocenters. The third-order valence-electron chi connectivity index (χ3n) is 7.65. The van der Waals surface area contributed by atoms with Crippen molar-refractivity contribution in [1.82, 2.24) is 9.88 Å². The molecule has 1 aliphatic heterocycles. The minimum Gasteiger partial charge on any atom is -0.492 e. The number of fused-ring (bicyclic) bond motifs is 1. The second kappa shape index (κ2) is 11.0. The molecule has 6 nitrogen and oxygen atoms in total. The summed E-state index contributed by atoms with van der Waals surface area (Å²) in [4.78, 5) is 6.66. The second-order valence-electron chi connectivity index (χ2n) is 9.96. The molecule has 0 spiro atoms. The van der Waals surface area contributed by atoms with Gasteiger partial charge in [0.2, 0.25) is 0 Å². The van der Waals surface area contributed by atoms with Crippen LogP contribution in [0.1, 0.15) is 42.1 Å². The highest BCUT2D eigenvalue weighted by atomic mass is 35.5. The number of aryl methyl sites for hydroxylation is 1. The fourth-order valence-corrected chi connectivity index (χ4v) is 5.68. The van der Waals surface area contributed by atoms with Crippen LogP contribution >= 0.6 is 11.6 Å². The van der Waals surface area contributed by atoms with Crippen LogP contribution in [0.4, 0.5) is 0 Å². The fraction of sp³-hybridized carbons (Fsp3) is 0.290. The smallest absolute Gasteiger partial charge is 0.142 e. The SMILES string of the molecule is O/N=C1/CCc2cc(-c3oc(C4CCN(CCOc5ccc(Cl)cc5)CC4)cc3-c3ccncc3)ccc21. The molecule has 0 amide bonds. The van der Waals surface area contributed by atoms with Crippen LogP contribution in [0.2, 0.25) is 5.02 Å². The van der Waals surface area contributed by atoms with Crippen molar-refractivity contribution in [3.63, 3.8) is 0 Å². The van der Waals surface area contributed by atoms with Gasteiger partial charge < -0.3 is 14.4 Å². The van der Waals surface area contributed by atoms with Crippen LogP contribution < -0.4 is 4.74 Å². The van der Waals surface area contributed by atoms with E-state index in [0.29, 0.717) is 17.5 Å². The quantitative estimate of drug-likeness (QED) is 0.206. The van der Waals surface area contributed by atoms with Crippen molar-refractivity contribution >= 4 is 17.3 Å². The first-order chi connectivity index (χ1) is 18.7. The van der Waals surface area contributed by atoms with Crippen LogP contribution in [0, 0.1) is 0 Å². The number of furan rings is 1. The van der Waals surface area contributed by atoms with Crippen molar-refractivity contribution in [2.45, 2.75) is 31.6 Å². The Balaban J connectivity index is 1.17. The van der Waals surface area contributed by atoms with Gasteiger partial charge in [0.15, 0.2) is 0 Å². The van der Waals surface area contributed by atoms with E-state index in [2.05, 4.69) is 39.3 Å². The lowest BCUT2D eigenvalue weighted by atomic mass is 9.93. The summed E-state index contributed by atoms with van der Waals surface area (Å²) in [6.45, 7) is 3.58. The molecule has 194 valence electrons. The van der Waals surface area contributed by atoms with Crippen LogP contribution in [0.3, 0.4) is 0 Å². The molecule has 0 radical (unpaired) electrons. The number of pyridine rings is 1. The molecule has 3 heterocycles. The van der Waals surface area contributed by atoms with E-state index >= 15 is 0 Å². The lowest BCUT2D eigenvalue weighted by Gasteiger charge is -2.30. The number of likely N-dealkylation sites (tertiary alicyclic amines) is 1. The van der Waals surface area contributed by atoms with Crippen molar-refractivity contribution < 1.29 is 14.4 Å². The zero-order valence-electron chi connectivity index (χ0n) is 21.1. The maximum atomic E-state index is 9.32. The Morgan fingerprint density at radius 3 is 2.50 bits per heavy atom. The molecule has 7 heteroatoms. The van der Waals surface area contributed by atoms with Gasteiger partial charge in [-0.15, -0.1) is 0 Å². The Labute approximate surface area is 227 Å². The van der Waals surface area contributed by atoms with Crippen LogP contribution in [0.5, 0.6) is 5.75 Å². The highest BCUT2D eigenvalue weighted by molar-refractivity contribution is 6.30. The molecule has 1 aliphatic carbocycles. The van der Waals surface area contributed by atoms with Gasteiger partial charge in [-0.2, -0.15) is 0 Å². The van der Waals surface area contributed by atoms with Gasteiger partial charge in [0.05, 0.1) is 5.71 Å². The number of piperidine rings is 1. The number of halogens is 1. The standard InChI is InChI=1S/C31H30ClN3O3/c32-25-3-5-26(6-4-25)37-18-17-35-15-11-22(12-16-35)30-20-28(21-9-13-33-14-10-21)31(38-30)24-1-7-27-23(19-24)2-8-29(27)34-36/h1,3-7,9-10,13-14,19-20,22,36H,2,8,11-12,15-18H2/b34-29-. The molecule has 6 rings (SSSR count). The molecule has 1 fully saturated rings. The van der Waals surface area contributed by atoms with Crippen LogP contribution in [0.25, 0.3) is 22.5 Å². The van der Waals surface area contributed by atoms with E-state index in [0.717, 1.165) is 90.6 Å². The molecular formula is C31H30ClN3O3. The molecule has 0 saturated carbocycles. The van der Waals surface area contributed by atoms with Gasteiger partial charge in [0.1, 0.15) is 23.9 Å². The van der Waals surface area contributed by atoms with Crippen molar-refractivity contribution in [1.29, 1.82) is 0 Å². The van der Waals surface area contributed by atoms with Crippen molar-refractivity contribution in [3.8, 4) is 28.2 Å². The largest absolute Gasteiger partial charge is 0.492 e. The van der Waals surface area contributed by atoms with E-state index in [1.807, 2.05) is 48.8 Å². The average Bonchev–Trinajstić information content (AvgIpc) is 3.59. The zero-order chi connectivity index (χ0) is 25.9. The molecule has 2 aliphatic rings. The molecule has 0 unspecified atom stereocenters. The molecule has 2 aromatic heterocycles. The van der Waals surface area contributed by atoms with E-state index < -0.39 is 0 Å². The number of rotatable bonds is 7. The summed E-state index contributed by atoms with van der Waals surface area (Å²) in [7, 11) is 0. The van der Waals surface area contributed by atoms with E-state index in [4.69, 9.17) is 20.8 Å². The number of oxime groups is 1. The van der Waals surface area contributed by atoms with Crippen LogP contribution in [0.15, 0.2) is 82.6 Å². The first-order valence-electron chi connectivity index (χ1n) is 13.2. The first kappa shape index (κ1) is 24.7. The topological polar surface area (TPSA) is 71.1 Å². The third kappa shape index (κ3) is 5.19. The van der Waals surface area contributed by atoms with E-state index in [-0.39, 0.29) is 0 Å². The molecule has 0 bridgehead atoms.